The van der Waals surface area contributed by atoms with E-state index in [-0.39, 0.29) is 17.5 Å². The number of hydrogen-bond donors (Lipinski definition) is 1. The van der Waals surface area contributed by atoms with Crippen LogP contribution >= 0.6 is 0 Å². The molecule has 6 nitrogen and oxygen atoms in total. The summed E-state index contributed by atoms with van der Waals surface area (Å²) >= 11 is 0. The Hall–Kier alpha value is -3.22. The Labute approximate surface area is 168 Å². The molecule has 1 aliphatic heterocycles. The largest absolute Gasteiger partial charge is 0.348 e. The maximum Gasteiger partial charge on any atom is 0.348 e. The Bertz CT molecular complexity index is 1090. The Kier molecular flexibility index (Phi) is 5.29. The number of likely N-dealkylation sites (tertiary alicyclic amines) is 1. The van der Waals surface area contributed by atoms with Crippen molar-refractivity contribution in [2.75, 3.05) is 13.1 Å². The second-order valence-electron chi connectivity index (χ2n) is 7.51. The molecule has 0 unspecified atom stereocenters. The molecule has 0 radical (unpaired) electrons. The maximum absolute atomic E-state index is 14.2. The number of aryl methyl sites for hydroxylation is 1. The number of aromatic amines is 1. The lowest BCUT2D eigenvalue weighted by atomic mass is 9.93. The molecule has 29 heavy (non-hydrogen) atoms. The van der Waals surface area contributed by atoms with Crippen molar-refractivity contribution in [3.8, 4) is 5.69 Å². The molecular weight excluding hydrogens is 371 g/mol. The summed E-state index contributed by atoms with van der Waals surface area (Å²) in [5.74, 6) is 0.186. The van der Waals surface area contributed by atoms with Crippen molar-refractivity contribution in [2.24, 2.45) is 5.92 Å². The van der Waals surface area contributed by atoms with Crippen LogP contribution in [0.2, 0.25) is 0 Å². The van der Waals surface area contributed by atoms with Gasteiger partial charge in [0.05, 0.1) is 5.69 Å². The van der Waals surface area contributed by atoms with Crippen LogP contribution in [-0.2, 0) is 6.42 Å². The Morgan fingerprint density at radius 2 is 1.97 bits per heavy atom. The molecule has 1 N–H and O–H groups in total. The van der Waals surface area contributed by atoms with E-state index in [2.05, 4.69) is 10.2 Å². The molecular formula is C22H23FN4O2. The standard InChI is InChI=1S/C22H23FN4O2/c1-15-7-2-3-9-17(15)21(28)26-12-6-8-16(14-26)13-20-24-25-22(29)27(20)19-11-5-4-10-18(19)23/h2-5,7,9-11,16H,6,8,12-14H2,1H3,(H,25,29)/t16-/m0/s1. The van der Waals surface area contributed by atoms with Crippen LogP contribution in [0.4, 0.5) is 4.39 Å². The quantitative estimate of drug-likeness (QED) is 0.739. The van der Waals surface area contributed by atoms with E-state index in [1.807, 2.05) is 36.1 Å². The number of benzene rings is 2. The third-order valence-corrected chi connectivity index (χ3v) is 5.49. The van der Waals surface area contributed by atoms with Crippen LogP contribution in [0.3, 0.4) is 0 Å². The van der Waals surface area contributed by atoms with E-state index in [9.17, 15) is 14.0 Å². The molecule has 4 rings (SSSR count). The van der Waals surface area contributed by atoms with E-state index in [1.165, 1.54) is 10.6 Å². The third kappa shape index (κ3) is 3.85. The Morgan fingerprint density at radius 3 is 2.76 bits per heavy atom. The summed E-state index contributed by atoms with van der Waals surface area (Å²) in [5, 5.41) is 6.55. The van der Waals surface area contributed by atoms with E-state index < -0.39 is 11.5 Å². The van der Waals surface area contributed by atoms with Gasteiger partial charge >= 0.3 is 5.69 Å². The van der Waals surface area contributed by atoms with E-state index >= 15 is 0 Å². The summed E-state index contributed by atoms with van der Waals surface area (Å²) in [5.41, 5.74) is 1.40. The van der Waals surface area contributed by atoms with Gasteiger partial charge in [0.2, 0.25) is 0 Å². The topological polar surface area (TPSA) is 71.0 Å². The number of nitrogens with zero attached hydrogens (tertiary/aromatic N) is 3. The van der Waals surface area contributed by atoms with Crippen LogP contribution in [-0.4, -0.2) is 38.7 Å². The molecule has 1 aliphatic rings. The number of halogens is 1. The zero-order valence-electron chi connectivity index (χ0n) is 16.3. The summed E-state index contributed by atoms with van der Waals surface area (Å²) in [6, 6.07) is 13.7. The number of H-pyrrole nitrogens is 1. The summed E-state index contributed by atoms with van der Waals surface area (Å²) in [6.45, 7) is 3.24. The first-order valence-corrected chi connectivity index (χ1v) is 9.80. The van der Waals surface area contributed by atoms with Crippen LogP contribution in [0.1, 0.15) is 34.6 Å². The van der Waals surface area contributed by atoms with Crippen LogP contribution < -0.4 is 5.69 Å². The van der Waals surface area contributed by atoms with Crippen molar-refractivity contribution in [2.45, 2.75) is 26.2 Å². The van der Waals surface area contributed by atoms with Crippen molar-refractivity contribution in [3.63, 3.8) is 0 Å². The fraction of sp³-hybridized carbons (Fsp3) is 0.318. The average molecular weight is 394 g/mol. The van der Waals surface area contributed by atoms with Crippen LogP contribution in [0.15, 0.2) is 53.3 Å². The van der Waals surface area contributed by atoms with E-state index in [1.54, 1.807) is 18.2 Å². The molecule has 0 bridgehead atoms. The first kappa shape index (κ1) is 19.1. The van der Waals surface area contributed by atoms with Gasteiger partial charge in [-0.2, -0.15) is 5.10 Å². The summed E-state index contributed by atoms with van der Waals surface area (Å²) in [7, 11) is 0. The van der Waals surface area contributed by atoms with Gasteiger partial charge in [-0.05, 0) is 49.4 Å². The number of aromatic nitrogens is 3. The van der Waals surface area contributed by atoms with Crippen molar-refractivity contribution in [3.05, 3.63) is 81.8 Å². The highest BCUT2D eigenvalue weighted by atomic mass is 19.1. The lowest BCUT2D eigenvalue weighted by Crippen LogP contribution is -2.41. The summed E-state index contributed by atoms with van der Waals surface area (Å²) < 4.78 is 15.5. The van der Waals surface area contributed by atoms with Crippen molar-refractivity contribution in [1.29, 1.82) is 0 Å². The highest BCUT2D eigenvalue weighted by molar-refractivity contribution is 5.95. The number of piperidine rings is 1. The normalized spacial score (nSPS) is 16.8. The smallest absolute Gasteiger partial charge is 0.338 e. The van der Waals surface area contributed by atoms with Gasteiger partial charge in [-0.25, -0.2) is 18.9 Å². The number of para-hydroxylation sites is 1. The van der Waals surface area contributed by atoms with Gasteiger partial charge in [0.1, 0.15) is 11.6 Å². The molecule has 0 aliphatic carbocycles. The lowest BCUT2D eigenvalue weighted by Gasteiger charge is -2.33. The highest BCUT2D eigenvalue weighted by Gasteiger charge is 2.27. The minimum Gasteiger partial charge on any atom is -0.338 e. The maximum atomic E-state index is 14.2. The van der Waals surface area contributed by atoms with Crippen LogP contribution in [0.5, 0.6) is 0 Å². The van der Waals surface area contributed by atoms with E-state index in [0.29, 0.717) is 25.3 Å². The number of amides is 1. The van der Waals surface area contributed by atoms with Crippen molar-refractivity contribution >= 4 is 5.91 Å². The van der Waals surface area contributed by atoms with Gasteiger partial charge in [0, 0.05) is 25.1 Å². The Balaban J connectivity index is 1.54. The zero-order valence-corrected chi connectivity index (χ0v) is 16.3. The summed E-state index contributed by atoms with van der Waals surface area (Å²) in [4.78, 5) is 27.1. The predicted molar refractivity (Wildman–Crippen MR) is 108 cm³/mol. The van der Waals surface area contributed by atoms with Gasteiger partial charge in [-0.3, -0.25) is 4.79 Å². The molecule has 1 saturated heterocycles. The highest BCUT2D eigenvalue weighted by Crippen LogP contribution is 2.23. The zero-order chi connectivity index (χ0) is 20.4. The average Bonchev–Trinajstić information content (AvgIpc) is 3.08. The predicted octanol–water partition coefficient (Wildman–Crippen LogP) is 3.10. The third-order valence-electron chi connectivity index (χ3n) is 5.49. The number of nitrogens with one attached hydrogen (secondary N) is 1. The fourth-order valence-corrected chi connectivity index (χ4v) is 4.01. The minimum absolute atomic E-state index is 0.0290. The lowest BCUT2D eigenvalue weighted by molar-refractivity contribution is 0.0671. The molecule has 2 aromatic carbocycles. The molecule has 1 aromatic heterocycles. The number of carbonyl (C=O) groups is 1. The van der Waals surface area contributed by atoms with Gasteiger partial charge in [0.25, 0.3) is 5.91 Å². The molecule has 1 atom stereocenters. The second-order valence-corrected chi connectivity index (χ2v) is 7.51. The van der Waals surface area contributed by atoms with Gasteiger partial charge in [-0.15, -0.1) is 0 Å². The van der Waals surface area contributed by atoms with E-state index in [4.69, 9.17) is 0 Å². The molecule has 2 heterocycles. The molecule has 1 fully saturated rings. The van der Waals surface area contributed by atoms with Gasteiger partial charge in [0.15, 0.2) is 0 Å². The number of rotatable bonds is 4. The Morgan fingerprint density at radius 1 is 1.21 bits per heavy atom. The second kappa shape index (κ2) is 8.03. The van der Waals surface area contributed by atoms with Gasteiger partial charge < -0.3 is 4.90 Å². The van der Waals surface area contributed by atoms with Crippen molar-refractivity contribution in [1.82, 2.24) is 19.7 Å². The van der Waals surface area contributed by atoms with Crippen molar-refractivity contribution < 1.29 is 9.18 Å². The van der Waals surface area contributed by atoms with E-state index in [0.717, 1.165) is 24.0 Å². The summed E-state index contributed by atoms with van der Waals surface area (Å²) in [6.07, 6.45) is 2.30. The monoisotopic (exact) mass is 394 g/mol. The molecule has 1 amide bonds. The number of carbonyl (C=O) groups excluding carboxylic acids is 1. The SMILES string of the molecule is Cc1ccccc1C(=O)N1CCC[C@@H](Cc2n[nH]c(=O)n2-c2ccccc2F)C1. The number of hydrogen-bond acceptors (Lipinski definition) is 3. The molecule has 0 spiro atoms. The van der Waals surface area contributed by atoms with Crippen LogP contribution in [0.25, 0.3) is 5.69 Å². The molecule has 0 saturated carbocycles. The fourth-order valence-electron chi connectivity index (χ4n) is 4.01. The van der Waals surface area contributed by atoms with Gasteiger partial charge in [-0.1, -0.05) is 30.3 Å². The van der Waals surface area contributed by atoms with Crippen LogP contribution in [0, 0.1) is 18.7 Å². The molecule has 3 aromatic rings. The first-order chi connectivity index (χ1) is 14.0. The molecule has 150 valence electrons. The molecule has 7 heteroatoms. The first-order valence-electron chi connectivity index (χ1n) is 9.80. The minimum atomic E-state index is -0.475.